The van der Waals surface area contributed by atoms with Gasteiger partial charge in [0.05, 0.1) is 23.2 Å². The lowest BCUT2D eigenvalue weighted by Gasteiger charge is -2.13. The summed E-state index contributed by atoms with van der Waals surface area (Å²) < 4.78 is 5.25. The summed E-state index contributed by atoms with van der Waals surface area (Å²) in [6.45, 7) is 1.34. The number of aliphatic hydroxyl groups is 2. The number of hydrogen-bond donors (Lipinski definition) is 3. The number of ether oxygens (including phenoxy) is 1. The summed E-state index contributed by atoms with van der Waals surface area (Å²) >= 11 is 0. The largest absolute Gasteiger partial charge is 0.507 e. The molecule has 1 aromatic heterocycles. The first-order valence-corrected chi connectivity index (χ1v) is 8.22. The van der Waals surface area contributed by atoms with Gasteiger partial charge in [0.2, 0.25) is 0 Å². The van der Waals surface area contributed by atoms with Crippen LogP contribution in [0.1, 0.15) is 28.7 Å². The molecule has 0 saturated heterocycles. The molecule has 0 bridgehead atoms. The number of nitrogens with one attached hydrogen (secondary N) is 1. The summed E-state index contributed by atoms with van der Waals surface area (Å²) in [5.74, 6) is -0.844. The number of esters is 1. The van der Waals surface area contributed by atoms with E-state index in [0.29, 0.717) is 11.1 Å². The van der Waals surface area contributed by atoms with Crippen molar-refractivity contribution < 1.29 is 19.7 Å². The highest BCUT2D eigenvalue weighted by molar-refractivity contribution is 5.90. The molecule has 1 atom stereocenters. The van der Waals surface area contributed by atoms with E-state index in [-0.39, 0.29) is 23.6 Å². The van der Waals surface area contributed by atoms with Crippen molar-refractivity contribution in [1.82, 2.24) is 9.97 Å². The van der Waals surface area contributed by atoms with Crippen LogP contribution in [0.2, 0.25) is 0 Å². The molecule has 0 radical (unpaired) electrons. The summed E-state index contributed by atoms with van der Waals surface area (Å²) in [6, 6.07) is 15.4. The third-order valence-electron chi connectivity index (χ3n) is 4.04. The molecular formula is C20H17N3O4. The molecule has 136 valence electrons. The smallest absolute Gasteiger partial charge is 0.338 e. The Morgan fingerprint density at radius 2 is 1.96 bits per heavy atom. The van der Waals surface area contributed by atoms with Crippen molar-refractivity contribution in [2.24, 2.45) is 0 Å². The molecule has 1 heterocycles. The molecule has 0 aliphatic heterocycles. The highest BCUT2D eigenvalue weighted by atomic mass is 16.6. The van der Waals surface area contributed by atoms with Crippen molar-refractivity contribution in [3.8, 4) is 6.07 Å². The number of rotatable bonds is 5. The van der Waals surface area contributed by atoms with Crippen molar-refractivity contribution in [1.29, 1.82) is 5.26 Å². The Bertz CT molecular complexity index is 1010. The zero-order valence-electron chi connectivity index (χ0n) is 14.5. The van der Waals surface area contributed by atoms with Crippen LogP contribution in [0.3, 0.4) is 0 Å². The van der Waals surface area contributed by atoms with Crippen LogP contribution in [0.25, 0.3) is 16.6 Å². The fourth-order valence-corrected chi connectivity index (χ4v) is 2.54. The minimum absolute atomic E-state index is 0.0953. The number of imidazole rings is 1. The van der Waals surface area contributed by atoms with Gasteiger partial charge in [0, 0.05) is 0 Å². The normalized spacial score (nSPS) is 12.9. The number of carbonyl (C=O) groups is 1. The van der Waals surface area contributed by atoms with Gasteiger partial charge < -0.3 is 19.9 Å². The van der Waals surface area contributed by atoms with Gasteiger partial charge in [-0.2, -0.15) is 5.26 Å². The van der Waals surface area contributed by atoms with Crippen LogP contribution < -0.4 is 0 Å². The van der Waals surface area contributed by atoms with Gasteiger partial charge in [-0.05, 0) is 36.8 Å². The van der Waals surface area contributed by atoms with Crippen LogP contribution in [0.5, 0.6) is 0 Å². The summed E-state index contributed by atoms with van der Waals surface area (Å²) in [6.07, 6.45) is -1.04. The van der Waals surface area contributed by atoms with Gasteiger partial charge in [0.15, 0.2) is 17.7 Å². The van der Waals surface area contributed by atoms with E-state index >= 15 is 0 Å². The SMILES string of the molecule is C[C@@H](OC(=O)c1ccc(CO)cc1)/C(O)=C(\C#N)c1nc2ccccc2[nH]1. The predicted molar refractivity (Wildman–Crippen MR) is 98.5 cm³/mol. The van der Waals surface area contributed by atoms with E-state index in [1.54, 1.807) is 24.3 Å². The molecule has 3 N–H and O–H groups in total. The van der Waals surface area contributed by atoms with E-state index in [9.17, 15) is 15.2 Å². The van der Waals surface area contributed by atoms with Crippen molar-refractivity contribution >= 4 is 22.6 Å². The molecular weight excluding hydrogens is 346 g/mol. The fraction of sp³-hybridized carbons (Fsp3) is 0.150. The fourth-order valence-electron chi connectivity index (χ4n) is 2.54. The van der Waals surface area contributed by atoms with Gasteiger partial charge in [-0.15, -0.1) is 0 Å². The standard InChI is InChI=1S/C20H17N3O4/c1-12(27-20(26)14-8-6-13(11-24)7-9-14)18(25)15(10-21)19-22-16-4-2-3-5-17(16)23-19/h2-9,12,24-25H,11H2,1H3,(H,22,23)/b18-15-/t12-/m1/s1. The van der Waals surface area contributed by atoms with Gasteiger partial charge in [-0.3, -0.25) is 0 Å². The molecule has 0 amide bonds. The second kappa shape index (κ2) is 7.72. The van der Waals surface area contributed by atoms with E-state index in [0.717, 1.165) is 5.52 Å². The molecule has 2 aromatic carbocycles. The summed E-state index contributed by atoms with van der Waals surface area (Å²) in [4.78, 5) is 19.5. The average Bonchev–Trinajstić information content (AvgIpc) is 3.12. The maximum Gasteiger partial charge on any atom is 0.338 e. The summed E-state index contributed by atoms with van der Waals surface area (Å²) in [5.41, 5.74) is 2.22. The topological polar surface area (TPSA) is 119 Å². The number of nitrogens with zero attached hydrogens (tertiary/aromatic N) is 2. The monoisotopic (exact) mass is 363 g/mol. The minimum Gasteiger partial charge on any atom is -0.507 e. The molecule has 27 heavy (non-hydrogen) atoms. The van der Waals surface area contributed by atoms with Crippen molar-refractivity contribution in [3.05, 3.63) is 71.2 Å². The van der Waals surface area contributed by atoms with Crippen molar-refractivity contribution in [2.75, 3.05) is 0 Å². The molecule has 7 nitrogen and oxygen atoms in total. The first-order chi connectivity index (χ1) is 13.0. The van der Waals surface area contributed by atoms with Gasteiger partial charge in [-0.25, -0.2) is 9.78 Å². The minimum atomic E-state index is -1.04. The Labute approximate surface area is 155 Å². The molecule has 7 heteroatoms. The number of benzene rings is 2. The number of aromatic amines is 1. The molecule has 0 saturated carbocycles. The van der Waals surface area contributed by atoms with Crippen LogP contribution in [-0.2, 0) is 11.3 Å². The Morgan fingerprint density at radius 3 is 2.59 bits per heavy atom. The molecule has 0 unspecified atom stereocenters. The zero-order chi connectivity index (χ0) is 19.4. The Morgan fingerprint density at radius 1 is 1.26 bits per heavy atom. The lowest BCUT2D eigenvalue weighted by atomic mass is 10.1. The highest BCUT2D eigenvalue weighted by Gasteiger charge is 2.21. The van der Waals surface area contributed by atoms with Gasteiger partial charge >= 0.3 is 5.97 Å². The van der Waals surface area contributed by atoms with Crippen molar-refractivity contribution in [2.45, 2.75) is 19.6 Å². The van der Waals surface area contributed by atoms with Gasteiger partial charge in [0.25, 0.3) is 0 Å². The molecule has 3 aromatic rings. The zero-order valence-corrected chi connectivity index (χ0v) is 14.5. The number of H-pyrrole nitrogens is 1. The first kappa shape index (κ1) is 18.2. The number of fused-ring (bicyclic) bond motifs is 1. The Balaban J connectivity index is 1.83. The van der Waals surface area contributed by atoms with E-state index in [1.165, 1.54) is 19.1 Å². The highest BCUT2D eigenvalue weighted by Crippen LogP contribution is 2.21. The lowest BCUT2D eigenvalue weighted by Crippen LogP contribution is -2.18. The van der Waals surface area contributed by atoms with E-state index in [2.05, 4.69) is 9.97 Å². The first-order valence-electron chi connectivity index (χ1n) is 8.22. The van der Waals surface area contributed by atoms with Gasteiger partial charge in [-0.1, -0.05) is 24.3 Å². The maximum atomic E-state index is 12.2. The molecule has 0 aliphatic rings. The van der Waals surface area contributed by atoms with E-state index < -0.39 is 17.8 Å². The number of aromatic nitrogens is 2. The van der Waals surface area contributed by atoms with Crippen LogP contribution in [-0.4, -0.2) is 32.3 Å². The van der Waals surface area contributed by atoms with Crippen LogP contribution in [0.15, 0.2) is 54.3 Å². The third kappa shape index (κ3) is 3.81. The number of aliphatic hydroxyl groups excluding tert-OH is 2. The average molecular weight is 363 g/mol. The predicted octanol–water partition coefficient (Wildman–Crippen LogP) is 3.09. The number of nitriles is 1. The molecule has 0 aliphatic carbocycles. The quantitative estimate of drug-likeness (QED) is 0.364. The van der Waals surface area contributed by atoms with Crippen LogP contribution in [0.4, 0.5) is 0 Å². The van der Waals surface area contributed by atoms with Gasteiger partial charge in [0.1, 0.15) is 11.6 Å². The Kier molecular flexibility index (Phi) is 5.20. The van der Waals surface area contributed by atoms with Crippen molar-refractivity contribution in [3.63, 3.8) is 0 Å². The summed E-state index contributed by atoms with van der Waals surface area (Å²) in [7, 11) is 0. The molecule has 0 spiro atoms. The third-order valence-corrected chi connectivity index (χ3v) is 4.04. The Hall–Kier alpha value is -3.63. The number of allylic oxidation sites excluding steroid dienone is 1. The lowest BCUT2D eigenvalue weighted by molar-refractivity contribution is 0.0334. The maximum absolute atomic E-state index is 12.2. The number of hydrogen-bond acceptors (Lipinski definition) is 6. The van der Waals surface area contributed by atoms with Crippen LogP contribution >= 0.6 is 0 Å². The molecule has 3 rings (SSSR count). The van der Waals surface area contributed by atoms with E-state index in [1.807, 2.05) is 18.2 Å². The van der Waals surface area contributed by atoms with Crippen LogP contribution in [0, 0.1) is 11.3 Å². The van der Waals surface area contributed by atoms with E-state index in [4.69, 9.17) is 9.84 Å². The number of para-hydroxylation sites is 2. The second-order valence-electron chi connectivity index (χ2n) is 5.88. The molecule has 0 fully saturated rings. The number of carbonyl (C=O) groups excluding carboxylic acids is 1. The second-order valence-corrected chi connectivity index (χ2v) is 5.88. The summed E-state index contributed by atoms with van der Waals surface area (Å²) in [5, 5.41) is 28.9.